The van der Waals surface area contributed by atoms with Crippen molar-refractivity contribution >= 4 is 5.97 Å². The van der Waals surface area contributed by atoms with E-state index in [-0.39, 0.29) is 5.69 Å². The Bertz CT molecular complexity index is 703. The number of aromatic carboxylic acids is 1. The summed E-state index contributed by atoms with van der Waals surface area (Å²) in [5.41, 5.74) is 0.924. The Morgan fingerprint density at radius 1 is 1.21 bits per heavy atom. The number of rotatable bonds is 5. The Balaban J connectivity index is 1.79. The van der Waals surface area contributed by atoms with Gasteiger partial charge in [0.25, 0.3) is 0 Å². The molecule has 1 saturated carbocycles. The normalized spacial score (nSPS) is 16.0. The minimum absolute atomic E-state index is 0.0156. The van der Waals surface area contributed by atoms with Crippen LogP contribution in [0.3, 0.4) is 0 Å². The average Bonchev–Trinajstić information content (AvgIpc) is 2.82. The molecule has 1 aliphatic carbocycles. The summed E-state index contributed by atoms with van der Waals surface area (Å²) in [7, 11) is 0. The summed E-state index contributed by atoms with van der Waals surface area (Å²) >= 11 is 0. The molecule has 3 rings (SSSR count). The summed E-state index contributed by atoms with van der Waals surface area (Å²) in [4.78, 5) is 18.7. The molecule has 0 radical (unpaired) electrons. The minimum atomic E-state index is -1.07. The van der Waals surface area contributed by atoms with Gasteiger partial charge in [-0.1, -0.05) is 50.7 Å². The summed E-state index contributed by atoms with van der Waals surface area (Å²) in [5.74, 6) is -0.529. The highest BCUT2D eigenvalue weighted by molar-refractivity contribution is 5.87. The Hall–Kier alpha value is -2.17. The number of aromatic amines is 1. The summed E-state index contributed by atoms with van der Waals surface area (Å²) in [6, 6.07) is 6.28. The van der Waals surface area contributed by atoms with Crippen LogP contribution in [0.25, 0.3) is 11.4 Å². The highest BCUT2D eigenvalue weighted by Crippen LogP contribution is 2.28. The summed E-state index contributed by atoms with van der Waals surface area (Å²) in [6.07, 6.45) is 9.18. The summed E-state index contributed by atoms with van der Waals surface area (Å²) in [6.45, 7) is 0. The van der Waals surface area contributed by atoms with E-state index >= 15 is 0 Å². The molecule has 1 heterocycles. The van der Waals surface area contributed by atoms with Gasteiger partial charge in [-0.05, 0) is 30.9 Å². The van der Waals surface area contributed by atoms with E-state index in [4.69, 9.17) is 0 Å². The Morgan fingerprint density at radius 3 is 2.58 bits per heavy atom. The number of benzene rings is 1. The van der Waals surface area contributed by atoms with Crippen LogP contribution in [-0.4, -0.2) is 21.0 Å². The zero-order valence-corrected chi connectivity index (χ0v) is 13.7. The van der Waals surface area contributed by atoms with Gasteiger partial charge in [-0.3, -0.25) is 0 Å². The Labute approximate surface area is 141 Å². The van der Waals surface area contributed by atoms with Crippen molar-refractivity contribution in [1.82, 2.24) is 9.97 Å². The fraction of sp³-hybridized carbons (Fsp3) is 0.474. The number of nitrogens with zero attached hydrogens (tertiary/aromatic N) is 1. The molecule has 0 amide bonds. The van der Waals surface area contributed by atoms with Gasteiger partial charge in [0.15, 0.2) is 5.69 Å². The molecule has 2 N–H and O–H groups in total. The van der Waals surface area contributed by atoms with Crippen molar-refractivity contribution < 1.29 is 14.3 Å². The molecule has 1 fully saturated rings. The van der Waals surface area contributed by atoms with Gasteiger partial charge < -0.3 is 10.1 Å². The predicted octanol–water partition coefficient (Wildman–Crippen LogP) is 4.82. The van der Waals surface area contributed by atoms with Crippen LogP contribution in [0.1, 0.15) is 61.1 Å². The largest absolute Gasteiger partial charge is 0.476 e. The first-order valence-corrected chi connectivity index (χ1v) is 8.72. The Morgan fingerprint density at radius 2 is 1.92 bits per heavy atom. The van der Waals surface area contributed by atoms with Gasteiger partial charge in [0.2, 0.25) is 0 Å². The van der Waals surface area contributed by atoms with E-state index < -0.39 is 11.8 Å². The molecule has 1 aromatic carbocycles. The van der Waals surface area contributed by atoms with E-state index in [2.05, 4.69) is 9.97 Å². The smallest absolute Gasteiger partial charge is 0.356 e. The Kier molecular flexibility index (Phi) is 5.28. The van der Waals surface area contributed by atoms with E-state index in [9.17, 15) is 14.3 Å². The number of aryl methyl sites for hydroxylation is 1. The highest BCUT2D eigenvalue weighted by atomic mass is 19.1. The molecule has 0 atom stereocenters. The third-order valence-corrected chi connectivity index (χ3v) is 4.89. The molecule has 0 unspecified atom stereocenters. The third-order valence-electron chi connectivity index (χ3n) is 4.89. The number of H-pyrrole nitrogens is 1. The van der Waals surface area contributed by atoms with Crippen LogP contribution in [0.5, 0.6) is 0 Å². The van der Waals surface area contributed by atoms with Gasteiger partial charge in [0.1, 0.15) is 11.6 Å². The summed E-state index contributed by atoms with van der Waals surface area (Å²) in [5, 5.41) is 9.40. The molecule has 0 spiro atoms. The van der Waals surface area contributed by atoms with Crippen molar-refractivity contribution in [1.29, 1.82) is 0 Å². The van der Waals surface area contributed by atoms with Crippen LogP contribution in [0.4, 0.5) is 4.39 Å². The fourth-order valence-electron chi connectivity index (χ4n) is 3.55. The van der Waals surface area contributed by atoms with Crippen molar-refractivity contribution in [2.45, 2.75) is 51.4 Å². The molecule has 1 aromatic heterocycles. The number of hydrogen-bond donors (Lipinski definition) is 2. The van der Waals surface area contributed by atoms with E-state index in [0.29, 0.717) is 29.4 Å². The lowest BCUT2D eigenvalue weighted by Gasteiger charge is -2.12. The molecule has 128 valence electrons. The van der Waals surface area contributed by atoms with Crippen LogP contribution in [0.15, 0.2) is 24.3 Å². The van der Waals surface area contributed by atoms with E-state index in [1.54, 1.807) is 18.2 Å². The zero-order valence-electron chi connectivity index (χ0n) is 13.7. The number of aromatic nitrogens is 2. The van der Waals surface area contributed by atoms with Crippen molar-refractivity contribution in [2.24, 2.45) is 5.92 Å². The van der Waals surface area contributed by atoms with Crippen molar-refractivity contribution in [3.05, 3.63) is 41.5 Å². The second kappa shape index (κ2) is 7.60. The molecule has 5 heteroatoms. The molecular weight excluding hydrogens is 307 g/mol. The van der Waals surface area contributed by atoms with Crippen LogP contribution in [0.2, 0.25) is 0 Å². The van der Waals surface area contributed by atoms with Gasteiger partial charge in [-0.25, -0.2) is 14.2 Å². The number of carboxylic acid groups (broad SMARTS) is 1. The number of imidazole rings is 1. The second-order valence-corrected chi connectivity index (χ2v) is 6.59. The minimum Gasteiger partial charge on any atom is -0.476 e. The monoisotopic (exact) mass is 330 g/mol. The topological polar surface area (TPSA) is 66.0 Å². The van der Waals surface area contributed by atoms with Crippen LogP contribution in [0, 0.1) is 11.7 Å². The number of nitrogens with one attached hydrogen (secondary N) is 1. The van der Waals surface area contributed by atoms with Crippen LogP contribution < -0.4 is 0 Å². The first kappa shape index (κ1) is 16.7. The predicted molar refractivity (Wildman–Crippen MR) is 90.5 cm³/mol. The first-order valence-electron chi connectivity index (χ1n) is 8.72. The van der Waals surface area contributed by atoms with Crippen molar-refractivity contribution in [2.75, 3.05) is 0 Å². The van der Waals surface area contributed by atoms with Crippen molar-refractivity contribution in [3.8, 4) is 11.4 Å². The van der Waals surface area contributed by atoms with E-state index in [0.717, 1.165) is 6.42 Å². The lowest BCUT2D eigenvalue weighted by molar-refractivity contribution is 0.0689. The quantitative estimate of drug-likeness (QED) is 0.773. The fourth-order valence-corrected chi connectivity index (χ4v) is 3.55. The maximum Gasteiger partial charge on any atom is 0.356 e. The molecular formula is C19H23FN2O2. The standard InChI is InChI=1S/C19H23FN2O2/c20-15-10-6-5-9-14(15)18-21-16(17(22-18)19(23)24)12-11-13-7-3-1-2-4-8-13/h5-6,9-10,13H,1-4,7-8,11-12H2,(H,21,22)(H,23,24). The lowest BCUT2D eigenvalue weighted by Crippen LogP contribution is -2.06. The van der Waals surface area contributed by atoms with Crippen LogP contribution >= 0.6 is 0 Å². The molecule has 0 saturated heterocycles. The SMILES string of the molecule is O=C(O)c1nc(-c2ccccc2F)[nH]c1CCC1CCCCCC1. The molecule has 0 bridgehead atoms. The second-order valence-electron chi connectivity index (χ2n) is 6.59. The van der Waals surface area contributed by atoms with Gasteiger partial charge in [-0.2, -0.15) is 0 Å². The van der Waals surface area contributed by atoms with Crippen molar-refractivity contribution in [3.63, 3.8) is 0 Å². The first-order chi connectivity index (χ1) is 11.6. The van der Waals surface area contributed by atoms with Gasteiger partial charge in [0, 0.05) is 5.69 Å². The van der Waals surface area contributed by atoms with Gasteiger partial charge >= 0.3 is 5.97 Å². The summed E-state index contributed by atoms with van der Waals surface area (Å²) < 4.78 is 13.9. The molecule has 0 aliphatic heterocycles. The highest BCUT2D eigenvalue weighted by Gasteiger charge is 2.20. The maximum atomic E-state index is 13.9. The lowest BCUT2D eigenvalue weighted by atomic mass is 9.94. The number of carbonyl (C=O) groups is 1. The average molecular weight is 330 g/mol. The zero-order chi connectivity index (χ0) is 16.9. The maximum absolute atomic E-state index is 13.9. The number of carboxylic acids is 1. The molecule has 1 aliphatic rings. The number of hydrogen-bond acceptors (Lipinski definition) is 2. The number of halogens is 1. The van der Waals surface area contributed by atoms with Gasteiger partial charge in [0.05, 0.1) is 5.56 Å². The van der Waals surface area contributed by atoms with E-state index in [1.807, 2.05) is 0 Å². The molecule has 4 nitrogen and oxygen atoms in total. The third kappa shape index (κ3) is 3.83. The molecule has 2 aromatic rings. The van der Waals surface area contributed by atoms with Crippen LogP contribution in [-0.2, 0) is 6.42 Å². The van der Waals surface area contributed by atoms with Gasteiger partial charge in [-0.15, -0.1) is 0 Å². The molecule has 24 heavy (non-hydrogen) atoms. The van der Waals surface area contributed by atoms with E-state index in [1.165, 1.54) is 44.6 Å².